The molecule has 0 aliphatic heterocycles. The van der Waals surface area contributed by atoms with Crippen LogP contribution in [0.25, 0.3) is 0 Å². The number of hydrogen-bond donors (Lipinski definition) is 1. The van der Waals surface area contributed by atoms with Crippen molar-refractivity contribution in [3.63, 3.8) is 0 Å². The van der Waals surface area contributed by atoms with Crippen LogP contribution in [0.3, 0.4) is 0 Å². The fourth-order valence-electron chi connectivity index (χ4n) is 3.01. The molecule has 0 radical (unpaired) electrons. The molecular weight excluding hydrogens is 286 g/mol. The second-order valence-electron chi connectivity index (χ2n) is 5.81. The van der Waals surface area contributed by atoms with Crippen molar-refractivity contribution >= 4 is 17.2 Å². The first-order valence-electron chi connectivity index (χ1n) is 7.54. The molecule has 0 bridgehead atoms. The normalized spacial score (nSPS) is 26.4. The van der Waals surface area contributed by atoms with Gasteiger partial charge in [-0.1, -0.05) is 12.8 Å². The second-order valence-corrected chi connectivity index (χ2v) is 7.18. The number of aliphatic hydroxyl groups excluding tert-OH is 1. The van der Waals surface area contributed by atoms with Crippen LogP contribution in [0.15, 0.2) is 12.1 Å². The van der Waals surface area contributed by atoms with Gasteiger partial charge in [0.25, 0.3) is 0 Å². The predicted octanol–water partition coefficient (Wildman–Crippen LogP) is 2.38. The molecule has 0 saturated heterocycles. The molecular formula is C16H25NO3S. The molecule has 118 valence electrons. The Balaban J connectivity index is 2.02. The Bertz CT molecular complexity index is 474. The zero-order valence-corrected chi connectivity index (χ0v) is 13.9. The third kappa shape index (κ3) is 4.05. The summed E-state index contributed by atoms with van der Waals surface area (Å²) in [4.78, 5) is 16.5. The lowest BCUT2D eigenvalue weighted by atomic mass is 10.0. The average molecular weight is 311 g/mol. The number of carbonyl (C=O) groups is 1. The molecule has 5 heteroatoms. The summed E-state index contributed by atoms with van der Waals surface area (Å²) in [6.07, 6.45) is 3.41. The van der Waals surface area contributed by atoms with Crippen molar-refractivity contribution in [1.29, 1.82) is 0 Å². The number of nitrogens with zero attached hydrogens (tertiary/aromatic N) is 1. The van der Waals surface area contributed by atoms with E-state index in [0.717, 1.165) is 30.6 Å². The molecule has 0 unspecified atom stereocenters. The molecule has 0 aromatic carbocycles. The summed E-state index contributed by atoms with van der Waals surface area (Å²) in [5.41, 5.74) is 0. The molecule has 1 saturated carbocycles. The maximum atomic E-state index is 12.5. The van der Waals surface area contributed by atoms with Gasteiger partial charge in [-0.15, -0.1) is 11.3 Å². The fraction of sp³-hybridized carbons (Fsp3) is 0.688. The van der Waals surface area contributed by atoms with Crippen molar-refractivity contribution in [2.75, 3.05) is 14.2 Å². The van der Waals surface area contributed by atoms with Crippen molar-refractivity contribution < 1.29 is 14.6 Å². The van der Waals surface area contributed by atoms with E-state index in [9.17, 15) is 9.90 Å². The van der Waals surface area contributed by atoms with Crippen molar-refractivity contribution in [3.05, 3.63) is 21.9 Å². The molecule has 1 amide bonds. The zero-order chi connectivity index (χ0) is 15.4. The smallest absolute Gasteiger partial charge is 0.227 e. The molecule has 1 fully saturated rings. The molecule has 1 N–H and O–H groups in total. The Morgan fingerprint density at radius 2 is 2.14 bits per heavy atom. The van der Waals surface area contributed by atoms with Gasteiger partial charge >= 0.3 is 0 Å². The fourth-order valence-corrected chi connectivity index (χ4v) is 3.89. The van der Waals surface area contributed by atoms with Crippen LogP contribution in [-0.4, -0.2) is 48.3 Å². The first-order chi connectivity index (χ1) is 10.0. The summed E-state index contributed by atoms with van der Waals surface area (Å²) in [7, 11) is 3.43. The maximum Gasteiger partial charge on any atom is 0.227 e. The number of likely N-dealkylation sites (N-methyl/N-ethyl adjacent to an activating group) is 1. The average Bonchev–Trinajstić information content (AvgIpc) is 2.77. The van der Waals surface area contributed by atoms with Gasteiger partial charge in [0.2, 0.25) is 5.91 Å². The van der Waals surface area contributed by atoms with E-state index in [1.807, 2.05) is 19.1 Å². The molecule has 1 aliphatic rings. The molecule has 1 heterocycles. The van der Waals surface area contributed by atoms with Crippen LogP contribution in [0.1, 0.15) is 35.4 Å². The first kappa shape index (κ1) is 16.5. The Hall–Kier alpha value is -0.910. The number of methoxy groups -OCH3 is 1. The van der Waals surface area contributed by atoms with Crippen LogP contribution in [0.4, 0.5) is 0 Å². The van der Waals surface area contributed by atoms with Crippen molar-refractivity contribution in [3.8, 4) is 0 Å². The highest BCUT2D eigenvalue weighted by atomic mass is 32.1. The third-order valence-electron chi connectivity index (χ3n) is 4.33. The summed E-state index contributed by atoms with van der Waals surface area (Å²) >= 11 is 1.66. The maximum absolute atomic E-state index is 12.5. The van der Waals surface area contributed by atoms with E-state index in [0.29, 0.717) is 6.42 Å². The van der Waals surface area contributed by atoms with Gasteiger partial charge in [-0.2, -0.15) is 0 Å². The lowest BCUT2D eigenvalue weighted by molar-refractivity contribution is -0.136. The number of aryl methyl sites for hydroxylation is 1. The summed E-state index contributed by atoms with van der Waals surface area (Å²) < 4.78 is 5.38. The minimum Gasteiger partial charge on any atom is -0.388 e. The van der Waals surface area contributed by atoms with E-state index >= 15 is 0 Å². The molecule has 21 heavy (non-hydrogen) atoms. The van der Waals surface area contributed by atoms with E-state index in [-0.39, 0.29) is 18.1 Å². The van der Waals surface area contributed by atoms with E-state index in [1.54, 1.807) is 30.4 Å². The highest BCUT2D eigenvalue weighted by molar-refractivity contribution is 7.12. The Morgan fingerprint density at radius 3 is 2.76 bits per heavy atom. The summed E-state index contributed by atoms with van der Waals surface area (Å²) in [5.74, 6) is 0.0673. The molecule has 4 nitrogen and oxygen atoms in total. The van der Waals surface area contributed by atoms with Crippen LogP contribution in [-0.2, 0) is 16.0 Å². The number of carbonyl (C=O) groups excluding carboxylic acids is 1. The summed E-state index contributed by atoms with van der Waals surface area (Å²) in [5, 5.41) is 10.5. The Morgan fingerprint density at radius 1 is 1.43 bits per heavy atom. The monoisotopic (exact) mass is 311 g/mol. The molecule has 0 spiro atoms. The van der Waals surface area contributed by atoms with Gasteiger partial charge in [0.05, 0.1) is 18.6 Å². The molecule has 1 aliphatic carbocycles. The number of amides is 1. The lowest BCUT2D eigenvalue weighted by Gasteiger charge is -2.33. The molecule has 1 aromatic rings. The minimum absolute atomic E-state index is 0.0673. The van der Waals surface area contributed by atoms with Crippen LogP contribution in [0.5, 0.6) is 0 Å². The number of rotatable bonds is 4. The second kappa shape index (κ2) is 7.38. The number of hydrogen-bond acceptors (Lipinski definition) is 4. The van der Waals surface area contributed by atoms with E-state index in [2.05, 4.69) is 0 Å². The highest BCUT2D eigenvalue weighted by Crippen LogP contribution is 2.25. The zero-order valence-electron chi connectivity index (χ0n) is 13.0. The van der Waals surface area contributed by atoms with Gasteiger partial charge in [0, 0.05) is 23.9 Å². The van der Waals surface area contributed by atoms with Gasteiger partial charge in [0.15, 0.2) is 0 Å². The third-order valence-corrected chi connectivity index (χ3v) is 5.33. The standard InChI is InChI=1S/C16H25NO3S/c1-11-8-9-12(21-11)10-15(18)17(2)13-6-4-5-7-14(20-3)16(13)19/h8-9,13-14,16,19H,4-7,10H2,1-3H3/t13-,14-,16-/m1/s1. The topological polar surface area (TPSA) is 49.8 Å². The minimum atomic E-state index is -0.600. The first-order valence-corrected chi connectivity index (χ1v) is 8.36. The quantitative estimate of drug-likeness (QED) is 0.869. The highest BCUT2D eigenvalue weighted by Gasteiger charge is 2.34. The molecule has 3 atom stereocenters. The van der Waals surface area contributed by atoms with Crippen LogP contribution in [0, 0.1) is 6.92 Å². The predicted molar refractivity (Wildman–Crippen MR) is 84.6 cm³/mol. The van der Waals surface area contributed by atoms with Crippen molar-refractivity contribution in [1.82, 2.24) is 4.90 Å². The number of thiophene rings is 1. The van der Waals surface area contributed by atoms with Crippen LogP contribution >= 0.6 is 11.3 Å². The number of ether oxygens (including phenoxy) is 1. The SMILES string of the molecule is CO[C@@H]1CCCC[C@@H](N(C)C(=O)Cc2ccc(C)s2)[C@H]1O. The van der Waals surface area contributed by atoms with Crippen LogP contribution < -0.4 is 0 Å². The van der Waals surface area contributed by atoms with E-state index in [1.165, 1.54) is 4.88 Å². The lowest BCUT2D eigenvalue weighted by Crippen LogP contribution is -2.49. The Kier molecular flexibility index (Phi) is 5.79. The van der Waals surface area contributed by atoms with Gasteiger partial charge in [-0.3, -0.25) is 4.79 Å². The van der Waals surface area contributed by atoms with Gasteiger partial charge < -0.3 is 14.7 Å². The number of aliphatic hydroxyl groups is 1. The largest absolute Gasteiger partial charge is 0.388 e. The van der Waals surface area contributed by atoms with Crippen molar-refractivity contribution in [2.24, 2.45) is 0 Å². The van der Waals surface area contributed by atoms with Gasteiger partial charge in [0.1, 0.15) is 6.10 Å². The Labute approximate surface area is 130 Å². The summed E-state index contributed by atoms with van der Waals surface area (Å²) in [6.45, 7) is 2.04. The van der Waals surface area contributed by atoms with Gasteiger partial charge in [-0.25, -0.2) is 0 Å². The molecule has 1 aromatic heterocycles. The van der Waals surface area contributed by atoms with E-state index < -0.39 is 6.10 Å². The van der Waals surface area contributed by atoms with Crippen molar-refractivity contribution in [2.45, 2.75) is 57.3 Å². The van der Waals surface area contributed by atoms with E-state index in [4.69, 9.17) is 4.74 Å². The van der Waals surface area contributed by atoms with Gasteiger partial charge in [-0.05, 0) is 31.9 Å². The summed E-state index contributed by atoms with van der Waals surface area (Å²) in [6, 6.07) is 3.90. The molecule has 2 rings (SSSR count). The van der Waals surface area contributed by atoms with Crippen LogP contribution in [0.2, 0.25) is 0 Å².